The molecule has 1 aliphatic carbocycles. The molecule has 49 heavy (non-hydrogen) atoms. The lowest BCUT2D eigenvalue weighted by atomic mass is 9.85. The number of nitrogens with one attached hydrogen (secondary N) is 2. The summed E-state index contributed by atoms with van der Waals surface area (Å²) < 4.78 is 8.69. The van der Waals surface area contributed by atoms with Gasteiger partial charge in [0.1, 0.15) is 17.7 Å². The van der Waals surface area contributed by atoms with E-state index in [2.05, 4.69) is 60.1 Å². The molecule has 1 saturated heterocycles. The van der Waals surface area contributed by atoms with Gasteiger partial charge in [0.05, 0.1) is 23.5 Å². The van der Waals surface area contributed by atoms with Crippen LogP contribution in [0, 0.1) is 0 Å². The Balaban J connectivity index is 1.17. The normalized spacial score (nSPS) is 21.1. The second-order valence-electron chi connectivity index (χ2n) is 14.9. The first-order chi connectivity index (χ1) is 23.3. The van der Waals surface area contributed by atoms with E-state index in [1.807, 2.05) is 76.3 Å². The number of nitrogens with zero attached hydrogens (tertiary/aromatic N) is 7. The van der Waals surface area contributed by atoms with Crippen LogP contribution in [0.1, 0.15) is 112 Å². The number of urea groups is 1. The summed E-state index contributed by atoms with van der Waals surface area (Å²) in [7, 11) is 6.09. The first-order valence-corrected chi connectivity index (χ1v) is 17.3. The molecule has 2 aliphatic rings. The van der Waals surface area contributed by atoms with E-state index in [9.17, 15) is 9.59 Å². The summed E-state index contributed by atoms with van der Waals surface area (Å²) in [4.78, 5) is 39.9. The van der Waals surface area contributed by atoms with Crippen LogP contribution in [0.2, 0.25) is 0 Å². The van der Waals surface area contributed by atoms with Gasteiger partial charge in [0.15, 0.2) is 23.1 Å². The molecular weight excluding hydrogens is 618 g/mol. The Morgan fingerprint density at radius 2 is 1.84 bits per heavy atom. The van der Waals surface area contributed by atoms with Gasteiger partial charge in [-0.1, -0.05) is 45.0 Å². The molecule has 2 amide bonds. The molecule has 3 aromatic heterocycles. The molecule has 0 spiro atoms. The second-order valence-corrected chi connectivity index (χ2v) is 14.9. The van der Waals surface area contributed by atoms with Gasteiger partial charge in [-0.2, -0.15) is 0 Å². The standard InChI is InChI=1S/C37H49N9O3/c1-36(2,3)30-22-31(40-33(39-30)28(47)14-10-20-44(5)6)41-35(48)38-27-16-17-29(26-13-9-8-12-25(26)27)49-24-15-18-32-42-43-34(46(32)23-24)37(4)19-11-21-45(37)7/h8-9,12-13,15,18,22-23,27,29H,10-11,14,16-17,19-21H2,1-7H3,(H2,38,39,40,41,48)/t27-,29+,37-/m0/s1. The predicted molar refractivity (Wildman–Crippen MR) is 189 cm³/mol. The highest BCUT2D eigenvalue weighted by molar-refractivity contribution is 5.94. The summed E-state index contributed by atoms with van der Waals surface area (Å²) in [6, 6.07) is 13.1. The highest BCUT2D eigenvalue weighted by atomic mass is 16.5. The number of hydrogen-bond donors (Lipinski definition) is 2. The topological polar surface area (TPSA) is 130 Å². The number of carbonyl (C=O) groups excluding carboxylic acids is 2. The van der Waals surface area contributed by atoms with Crippen molar-refractivity contribution in [1.82, 2.24) is 39.7 Å². The third-order valence-corrected chi connectivity index (χ3v) is 9.87. The Hall–Kier alpha value is -4.42. The number of ether oxygens (including phenoxy) is 1. The second kappa shape index (κ2) is 13.8. The van der Waals surface area contributed by atoms with Gasteiger partial charge < -0.3 is 15.0 Å². The molecule has 12 heteroatoms. The van der Waals surface area contributed by atoms with Crippen LogP contribution in [0.15, 0.2) is 48.7 Å². The zero-order valence-electron chi connectivity index (χ0n) is 29.8. The molecule has 0 bridgehead atoms. The first kappa shape index (κ1) is 34.4. The molecule has 4 heterocycles. The van der Waals surface area contributed by atoms with Gasteiger partial charge in [-0.3, -0.25) is 19.4 Å². The molecule has 260 valence electrons. The maximum absolute atomic E-state index is 13.4. The van der Waals surface area contributed by atoms with Gasteiger partial charge in [-0.15, -0.1) is 10.2 Å². The highest BCUT2D eigenvalue weighted by Crippen LogP contribution is 2.40. The lowest BCUT2D eigenvalue weighted by molar-refractivity contribution is 0.0966. The van der Waals surface area contributed by atoms with E-state index >= 15 is 0 Å². The molecule has 0 unspecified atom stereocenters. The predicted octanol–water partition coefficient (Wildman–Crippen LogP) is 6.06. The molecule has 0 saturated carbocycles. The number of carbonyl (C=O) groups is 2. The van der Waals surface area contributed by atoms with E-state index in [0.29, 0.717) is 37.2 Å². The van der Waals surface area contributed by atoms with Gasteiger partial charge in [-0.05, 0) is 96.5 Å². The molecule has 12 nitrogen and oxygen atoms in total. The largest absolute Gasteiger partial charge is 0.484 e. The first-order valence-electron chi connectivity index (χ1n) is 17.3. The Bertz CT molecular complexity index is 1830. The number of Topliss-reactive ketones (excluding diaryl/α,β-unsaturated/α-hetero) is 1. The van der Waals surface area contributed by atoms with Crippen LogP contribution in [0.4, 0.5) is 10.6 Å². The number of benzene rings is 1. The molecule has 0 radical (unpaired) electrons. The highest BCUT2D eigenvalue weighted by Gasteiger charge is 2.40. The monoisotopic (exact) mass is 667 g/mol. The molecule has 6 rings (SSSR count). The fourth-order valence-electron chi connectivity index (χ4n) is 6.87. The van der Waals surface area contributed by atoms with E-state index in [-0.39, 0.29) is 40.7 Å². The van der Waals surface area contributed by atoms with Crippen molar-refractivity contribution in [3.05, 3.63) is 77.1 Å². The van der Waals surface area contributed by atoms with Gasteiger partial charge in [0.25, 0.3) is 0 Å². The zero-order valence-corrected chi connectivity index (χ0v) is 29.8. The lowest BCUT2D eigenvalue weighted by Crippen LogP contribution is -2.37. The van der Waals surface area contributed by atoms with Crippen molar-refractivity contribution in [2.24, 2.45) is 0 Å². The third-order valence-electron chi connectivity index (χ3n) is 9.87. The van der Waals surface area contributed by atoms with Crippen LogP contribution < -0.4 is 15.4 Å². The molecule has 4 aromatic rings. The fraction of sp³-hybridized carbons (Fsp3) is 0.514. The molecule has 3 atom stereocenters. The average molecular weight is 668 g/mol. The maximum atomic E-state index is 13.4. The number of anilines is 1. The van der Waals surface area contributed by atoms with Crippen LogP contribution in [0.25, 0.3) is 5.65 Å². The number of fused-ring (bicyclic) bond motifs is 2. The summed E-state index contributed by atoms with van der Waals surface area (Å²) in [5, 5.41) is 15.1. The van der Waals surface area contributed by atoms with Crippen molar-refractivity contribution in [1.29, 1.82) is 0 Å². The van der Waals surface area contributed by atoms with Crippen molar-refractivity contribution in [2.45, 2.75) is 89.3 Å². The fourth-order valence-corrected chi connectivity index (χ4v) is 6.87. The van der Waals surface area contributed by atoms with Crippen LogP contribution >= 0.6 is 0 Å². The summed E-state index contributed by atoms with van der Waals surface area (Å²) in [5.41, 5.74) is 3.01. The number of pyridine rings is 1. The number of ketones is 1. The van der Waals surface area contributed by atoms with E-state index in [0.717, 1.165) is 54.3 Å². The van der Waals surface area contributed by atoms with E-state index in [1.54, 1.807) is 6.07 Å². The van der Waals surface area contributed by atoms with Crippen molar-refractivity contribution in [3.8, 4) is 5.75 Å². The minimum atomic E-state index is -0.389. The molecular formula is C37H49N9O3. The van der Waals surface area contributed by atoms with Crippen molar-refractivity contribution in [2.75, 3.05) is 39.5 Å². The summed E-state index contributed by atoms with van der Waals surface area (Å²) in [6.07, 6.45) is 6.40. The average Bonchev–Trinajstić information content (AvgIpc) is 3.64. The Kier molecular flexibility index (Phi) is 9.72. The number of aromatic nitrogens is 5. The summed E-state index contributed by atoms with van der Waals surface area (Å²) >= 11 is 0. The molecule has 2 N–H and O–H groups in total. The smallest absolute Gasteiger partial charge is 0.320 e. The van der Waals surface area contributed by atoms with E-state index in [1.165, 1.54) is 0 Å². The van der Waals surface area contributed by atoms with E-state index < -0.39 is 0 Å². The minimum absolute atomic E-state index is 0.130. The quantitative estimate of drug-likeness (QED) is 0.194. The Morgan fingerprint density at radius 3 is 2.55 bits per heavy atom. The minimum Gasteiger partial charge on any atom is -0.484 e. The van der Waals surface area contributed by atoms with Crippen LogP contribution in [-0.4, -0.2) is 80.4 Å². The van der Waals surface area contributed by atoms with E-state index in [4.69, 9.17) is 4.74 Å². The SMILES string of the molecule is CN(C)CCCC(=O)c1nc(NC(=O)N[C@H]2CC[C@@H](Oc3ccc4nnc([C@]5(C)CCCN5C)n4c3)c3ccccc32)cc(C(C)(C)C)n1. The number of amides is 2. The molecule has 1 fully saturated rings. The van der Waals surface area contributed by atoms with Crippen molar-refractivity contribution >= 4 is 23.3 Å². The number of hydrogen-bond acceptors (Lipinski definition) is 9. The van der Waals surface area contributed by atoms with Gasteiger partial charge >= 0.3 is 6.03 Å². The van der Waals surface area contributed by atoms with Crippen molar-refractivity contribution in [3.63, 3.8) is 0 Å². The Labute approximate surface area is 288 Å². The molecule has 1 aromatic carbocycles. The van der Waals surface area contributed by atoms with Gasteiger partial charge in [0, 0.05) is 17.9 Å². The third kappa shape index (κ3) is 7.45. The summed E-state index contributed by atoms with van der Waals surface area (Å²) in [6.45, 7) is 10.1. The lowest BCUT2D eigenvalue weighted by Gasteiger charge is -2.32. The van der Waals surface area contributed by atoms with Crippen LogP contribution in [0.3, 0.4) is 0 Å². The van der Waals surface area contributed by atoms with Crippen LogP contribution in [-0.2, 0) is 11.0 Å². The Morgan fingerprint density at radius 1 is 1.06 bits per heavy atom. The number of likely N-dealkylation sites (tertiary alicyclic amines) is 1. The summed E-state index contributed by atoms with van der Waals surface area (Å²) in [5.74, 6) is 1.97. The van der Waals surface area contributed by atoms with Crippen LogP contribution in [0.5, 0.6) is 5.75 Å². The molecule has 1 aliphatic heterocycles. The van der Waals surface area contributed by atoms with Gasteiger partial charge in [-0.25, -0.2) is 14.8 Å². The number of rotatable bonds is 10. The van der Waals surface area contributed by atoms with Gasteiger partial charge in [0.2, 0.25) is 0 Å². The van der Waals surface area contributed by atoms with Crippen molar-refractivity contribution < 1.29 is 14.3 Å². The maximum Gasteiger partial charge on any atom is 0.320 e. The zero-order chi connectivity index (χ0) is 34.9.